The van der Waals surface area contributed by atoms with Crippen LogP contribution in [0.2, 0.25) is 0 Å². The number of nitrogens with zero attached hydrogens (tertiary/aromatic N) is 2. The van der Waals surface area contributed by atoms with Crippen LogP contribution < -0.4 is 4.90 Å². The maximum absolute atomic E-state index is 2.43. The Morgan fingerprint density at radius 1 is 0.266 bits per heavy atom. The third-order valence-electron chi connectivity index (χ3n) is 12.8. The quantitative estimate of drug-likeness (QED) is 0.139. The molecule has 64 heavy (non-hydrogen) atoms. The van der Waals surface area contributed by atoms with Gasteiger partial charge in [-0.3, -0.25) is 0 Å². The van der Waals surface area contributed by atoms with E-state index in [1.54, 1.807) is 0 Å². The Labute approximate surface area is 373 Å². The second kappa shape index (κ2) is 15.8. The Kier molecular flexibility index (Phi) is 9.20. The van der Waals surface area contributed by atoms with Crippen LogP contribution >= 0.6 is 0 Å². The fraction of sp³-hybridized carbons (Fsp3) is 0. The molecule has 11 aromatic carbocycles. The highest BCUT2D eigenvalue weighted by Crippen LogP contribution is 2.44. The van der Waals surface area contributed by atoms with Crippen LogP contribution in [-0.2, 0) is 0 Å². The highest BCUT2D eigenvalue weighted by molar-refractivity contribution is 6.16. The molecule has 1 aromatic heterocycles. The third kappa shape index (κ3) is 6.44. The number of anilines is 3. The predicted molar refractivity (Wildman–Crippen MR) is 272 cm³/mol. The number of rotatable bonds is 8. The van der Waals surface area contributed by atoms with Gasteiger partial charge in [0.15, 0.2) is 0 Å². The summed E-state index contributed by atoms with van der Waals surface area (Å²) in [4.78, 5) is 2.43. The summed E-state index contributed by atoms with van der Waals surface area (Å²) in [6, 6.07) is 92.7. The van der Waals surface area contributed by atoms with Crippen LogP contribution in [0.25, 0.3) is 93.5 Å². The normalized spacial score (nSPS) is 11.4. The van der Waals surface area contributed by atoms with Gasteiger partial charge < -0.3 is 9.47 Å². The smallest absolute Gasteiger partial charge is 0.0547 e. The van der Waals surface area contributed by atoms with Gasteiger partial charge in [0.25, 0.3) is 0 Å². The van der Waals surface area contributed by atoms with Gasteiger partial charge in [0.2, 0.25) is 0 Å². The minimum Gasteiger partial charge on any atom is -0.310 e. The Bertz CT molecular complexity index is 3680. The molecule has 0 spiro atoms. The summed E-state index contributed by atoms with van der Waals surface area (Å²) in [7, 11) is 0. The first kappa shape index (κ1) is 37.3. The number of aromatic nitrogens is 1. The van der Waals surface area contributed by atoms with Crippen LogP contribution in [0, 0.1) is 0 Å². The van der Waals surface area contributed by atoms with E-state index in [4.69, 9.17) is 0 Å². The number of fused-ring (bicyclic) bond motifs is 6. The van der Waals surface area contributed by atoms with Crippen molar-refractivity contribution in [3.63, 3.8) is 0 Å². The van der Waals surface area contributed by atoms with E-state index >= 15 is 0 Å². The lowest BCUT2D eigenvalue weighted by Gasteiger charge is -2.27. The van der Waals surface area contributed by atoms with E-state index in [0.29, 0.717) is 0 Å². The van der Waals surface area contributed by atoms with Gasteiger partial charge in [-0.25, -0.2) is 0 Å². The van der Waals surface area contributed by atoms with Crippen LogP contribution in [0.1, 0.15) is 0 Å². The molecule has 0 N–H and O–H groups in total. The van der Waals surface area contributed by atoms with Crippen LogP contribution in [0.5, 0.6) is 0 Å². The standard InChI is InChI=1S/C62H42N2/c1-3-18-43(19-4-1)52-29-9-10-31-54(52)45-21-13-26-49(40-45)63(50-27-14-22-46(41-50)55-33-16-35-57-53-30-8-7-20-44(53)38-39-58(55)57)51-28-15-23-47(42-51)56-34-17-37-61-62(56)59-32-11-12-36-60(59)64(61)48-24-5-2-6-25-48/h1-42H. The SMILES string of the molecule is c1ccc(-c2ccccc2-c2cccc(N(c3cccc(-c4cccc5c4ccc4ccccc45)c3)c3cccc(-c4cccc5c4c4ccccc4n5-c4ccccc4)c3)c2)cc1. The van der Waals surface area contributed by atoms with E-state index in [1.165, 1.54) is 76.7 Å². The first-order chi connectivity index (χ1) is 31.8. The zero-order chi connectivity index (χ0) is 42.4. The highest BCUT2D eigenvalue weighted by atomic mass is 15.1. The molecule has 300 valence electrons. The van der Waals surface area contributed by atoms with Crippen molar-refractivity contribution >= 4 is 60.4 Å². The van der Waals surface area contributed by atoms with E-state index in [-0.39, 0.29) is 0 Å². The molecule has 1 heterocycles. The average molecular weight is 815 g/mol. The van der Waals surface area contributed by atoms with E-state index in [0.717, 1.165) is 33.9 Å². The summed E-state index contributed by atoms with van der Waals surface area (Å²) in [5.74, 6) is 0. The lowest BCUT2D eigenvalue weighted by molar-refractivity contribution is 1.18. The van der Waals surface area contributed by atoms with Crippen molar-refractivity contribution < 1.29 is 0 Å². The third-order valence-corrected chi connectivity index (χ3v) is 12.8. The second-order valence-corrected chi connectivity index (χ2v) is 16.5. The molecule has 2 heteroatoms. The molecule has 0 aliphatic heterocycles. The molecule has 0 unspecified atom stereocenters. The lowest BCUT2D eigenvalue weighted by Crippen LogP contribution is -2.10. The molecule has 0 bridgehead atoms. The first-order valence-electron chi connectivity index (χ1n) is 22.0. The lowest BCUT2D eigenvalue weighted by atomic mass is 9.93. The van der Waals surface area contributed by atoms with Crippen molar-refractivity contribution in [2.75, 3.05) is 4.90 Å². The van der Waals surface area contributed by atoms with Crippen molar-refractivity contribution in [2.24, 2.45) is 0 Å². The molecule has 0 radical (unpaired) electrons. The van der Waals surface area contributed by atoms with Crippen molar-refractivity contribution in [3.05, 3.63) is 255 Å². The molecular weight excluding hydrogens is 773 g/mol. The molecule has 12 rings (SSSR count). The molecule has 0 saturated heterocycles. The van der Waals surface area contributed by atoms with Gasteiger partial charge in [0.1, 0.15) is 0 Å². The number of hydrogen-bond donors (Lipinski definition) is 0. The fourth-order valence-electron chi connectivity index (χ4n) is 9.90. The van der Waals surface area contributed by atoms with Crippen molar-refractivity contribution in [1.82, 2.24) is 4.57 Å². The maximum atomic E-state index is 2.43. The molecule has 0 aliphatic rings. The van der Waals surface area contributed by atoms with Gasteiger partial charge in [0.05, 0.1) is 11.0 Å². The average Bonchev–Trinajstić information content (AvgIpc) is 3.72. The van der Waals surface area contributed by atoms with Crippen molar-refractivity contribution in [3.8, 4) is 50.2 Å². The minimum atomic E-state index is 1.08. The largest absolute Gasteiger partial charge is 0.310 e. The summed E-state index contributed by atoms with van der Waals surface area (Å²) in [6.07, 6.45) is 0. The minimum absolute atomic E-state index is 1.08. The predicted octanol–water partition coefficient (Wildman–Crippen LogP) is 17.2. The van der Waals surface area contributed by atoms with Crippen molar-refractivity contribution in [1.29, 1.82) is 0 Å². The number of hydrogen-bond acceptors (Lipinski definition) is 1. The van der Waals surface area contributed by atoms with Gasteiger partial charge in [-0.15, -0.1) is 0 Å². The Morgan fingerprint density at radius 2 is 0.734 bits per heavy atom. The topological polar surface area (TPSA) is 8.17 Å². The van der Waals surface area contributed by atoms with Gasteiger partial charge in [0, 0.05) is 33.5 Å². The van der Waals surface area contributed by atoms with Gasteiger partial charge in [-0.05, 0) is 127 Å². The monoisotopic (exact) mass is 814 g/mol. The molecule has 0 atom stereocenters. The van der Waals surface area contributed by atoms with Gasteiger partial charge in [-0.2, -0.15) is 0 Å². The van der Waals surface area contributed by atoms with Crippen LogP contribution in [0.3, 0.4) is 0 Å². The molecule has 2 nitrogen and oxygen atoms in total. The molecule has 12 aromatic rings. The highest BCUT2D eigenvalue weighted by Gasteiger charge is 2.20. The van der Waals surface area contributed by atoms with E-state index in [2.05, 4.69) is 264 Å². The van der Waals surface area contributed by atoms with Crippen LogP contribution in [0.15, 0.2) is 255 Å². The Hall–Kier alpha value is -8.46. The van der Waals surface area contributed by atoms with Gasteiger partial charge >= 0.3 is 0 Å². The molecular formula is C62H42N2. The summed E-state index contributed by atoms with van der Waals surface area (Å²) < 4.78 is 2.39. The fourth-order valence-corrected chi connectivity index (χ4v) is 9.90. The number of benzene rings is 11. The maximum Gasteiger partial charge on any atom is 0.0547 e. The van der Waals surface area contributed by atoms with E-state index in [1.807, 2.05) is 0 Å². The summed E-state index contributed by atoms with van der Waals surface area (Å²) in [6.45, 7) is 0. The molecule has 0 amide bonds. The zero-order valence-electron chi connectivity index (χ0n) is 35.1. The summed E-state index contributed by atoms with van der Waals surface area (Å²) in [5.41, 5.74) is 16.3. The van der Waals surface area contributed by atoms with Gasteiger partial charge in [-0.1, -0.05) is 194 Å². The van der Waals surface area contributed by atoms with E-state index < -0.39 is 0 Å². The van der Waals surface area contributed by atoms with Crippen LogP contribution in [0.4, 0.5) is 17.1 Å². The first-order valence-corrected chi connectivity index (χ1v) is 22.0. The molecule has 0 fully saturated rings. The number of para-hydroxylation sites is 2. The second-order valence-electron chi connectivity index (χ2n) is 16.5. The summed E-state index contributed by atoms with van der Waals surface area (Å²) >= 11 is 0. The van der Waals surface area contributed by atoms with E-state index in [9.17, 15) is 0 Å². The Balaban J connectivity index is 1.05. The zero-order valence-corrected chi connectivity index (χ0v) is 35.1. The molecule has 0 aliphatic carbocycles. The van der Waals surface area contributed by atoms with Crippen LogP contribution in [-0.4, -0.2) is 4.57 Å². The van der Waals surface area contributed by atoms with Crippen molar-refractivity contribution in [2.45, 2.75) is 0 Å². The summed E-state index contributed by atoms with van der Waals surface area (Å²) in [5, 5.41) is 7.51. The Morgan fingerprint density at radius 3 is 1.45 bits per heavy atom. The molecule has 0 saturated carbocycles.